The van der Waals surface area contributed by atoms with E-state index in [-0.39, 0.29) is 21.5 Å². The molecule has 0 unspecified atom stereocenters. The Morgan fingerprint density at radius 2 is 2.00 bits per heavy atom. The first-order chi connectivity index (χ1) is 12.3. The standard InChI is InChI=1S/C17H14ClF2N3OS2/c1-7-12-8(2)21-9(3)22-16(12)25-13(7)15(24)23-11-6-4-5-10(18)14(11)26-17(19)20/h4-6,17H,1-3H3,(H,23,24). The van der Waals surface area contributed by atoms with Crippen molar-refractivity contribution in [2.45, 2.75) is 31.4 Å². The number of carbonyl (C=O) groups is 1. The summed E-state index contributed by atoms with van der Waals surface area (Å²) in [6.45, 7) is 5.49. The highest BCUT2D eigenvalue weighted by Gasteiger charge is 2.21. The summed E-state index contributed by atoms with van der Waals surface area (Å²) in [7, 11) is 0. The van der Waals surface area contributed by atoms with Crippen molar-refractivity contribution < 1.29 is 13.6 Å². The minimum atomic E-state index is -2.64. The van der Waals surface area contributed by atoms with Gasteiger partial charge in [0.05, 0.1) is 20.5 Å². The van der Waals surface area contributed by atoms with E-state index in [4.69, 9.17) is 11.6 Å². The number of hydrogen-bond donors (Lipinski definition) is 1. The van der Waals surface area contributed by atoms with Gasteiger partial charge in [-0.1, -0.05) is 29.4 Å². The first kappa shape index (κ1) is 19.0. The van der Waals surface area contributed by atoms with Gasteiger partial charge >= 0.3 is 0 Å². The largest absolute Gasteiger partial charge is 0.320 e. The first-order valence-electron chi connectivity index (χ1n) is 7.57. The smallest absolute Gasteiger partial charge is 0.289 e. The maximum absolute atomic E-state index is 12.8. The Kier molecular flexibility index (Phi) is 5.45. The molecule has 3 aromatic rings. The summed E-state index contributed by atoms with van der Waals surface area (Å²) in [6, 6.07) is 4.66. The highest BCUT2D eigenvalue weighted by atomic mass is 35.5. The lowest BCUT2D eigenvalue weighted by Crippen LogP contribution is -2.12. The molecule has 9 heteroatoms. The SMILES string of the molecule is Cc1nc(C)c2c(C)c(C(=O)Nc3cccc(Cl)c3SC(F)F)sc2n1. The number of thioether (sulfide) groups is 1. The molecule has 26 heavy (non-hydrogen) atoms. The number of nitrogens with one attached hydrogen (secondary N) is 1. The van der Waals surface area contributed by atoms with Crippen LogP contribution in [0.5, 0.6) is 0 Å². The Labute approximate surface area is 162 Å². The minimum Gasteiger partial charge on any atom is -0.320 e. The van der Waals surface area contributed by atoms with Gasteiger partial charge in [-0.2, -0.15) is 8.78 Å². The molecule has 4 nitrogen and oxygen atoms in total. The van der Waals surface area contributed by atoms with Crippen molar-refractivity contribution in [2.75, 3.05) is 5.32 Å². The summed E-state index contributed by atoms with van der Waals surface area (Å²) in [5.41, 5.74) is 1.82. The first-order valence-corrected chi connectivity index (χ1v) is 9.64. The van der Waals surface area contributed by atoms with Crippen LogP contribution in [-0.4, -0.2) is 21.6 Å². The van der Waals surface area contributed by atoms with Crippen LogP contribution in [0.2, 0.25) is 5.02 Å². The number of hydrogen-bond acceptors (Lipinski definition) is 5. The normalized spacial score (nSPS) is 11.3. The average molecular weight is 414 g/mol. The lowest BCUT2D eigenvalue weighted by molar-refractivity contribution is 0.103. The van der Waals surface area contributed by atoms with Crippen molar-refractivity contribution in [3.63, 3.8) is 0 Å². The Bertz CT molecular complexity index is 1010. The summed E-state index contributed by atoms with van der Waals surface area (Å²) in [4.78, 5) is 22.8. The van der Waals surface area contributed by atoms with Crippen molar-refractivity contribution in [1.82, 2.24) is 9.97 Å². The molecule has 0 radical (unpaired) electrons. The van der Waals surface area contributed by atoms with Crippen LogP contribution in [-0.2, 0) is 0 Å². The number of alkyl halides is 2. The van der Waals surface area contributed by atoms with Crippen LogP contribution in [0.4, 0.5) is 14.5 Å². The van der Waals surface area contributed by atoms with E-state index in [0.717, 1.165) is 21.5 Å². The number of fused-ring (bicyclic) bond motifs is 1. The maximum Gasteiger partial charge on any atom is 0.289 e. The fraction of sp³-hybridized carbons (Fsp3) is 0.235. The third-order valence-corrected chi connectivity index (χ3v) is 6.18. The van der Waals surface area contributed by atoms with E-state index in [1.807, 2.05) is 13.8 Å². The van der Waals surface area contributed by atoms with Crippen molar-refractivity contribution in [3.05, 3.63) is 45.2 Å². The van der Waals surface area contributed by atoms with Crippen molar-refractivity contribution in [1.29, 1.82) is 0 Å². The number of thiophene rings is 1. The van der Waals surface area contributed by atoms with Crippen molar-refractivity contribution in [2.24, 2.45) is 0 Å². The number of anilines is 1. The summed E-state index contributed by atoms with van der Waals surface area (Å²) in [6.07, 6.45) is 0. The third kappa shape index (κ3) is 3.67. The number of benzene rings is 1. The number of nitrogens with zero attached hydrogens (tertiary/aromatic N) is 2. The molecular formula is C17H14ClF2N3OS2. The van der Waals surface area contributed by atoms with Crippen LogP contribution in [0, 0.1) is 20.8 Å². The van der Waals surface area contributed by atoms with E-state index in [1.54, 1.807) is 19.1 Å². The molecule has 0 saturated carbocycles. The van der Waals surface area contributed by atoms with Gasteiger partial charge in [0.1, 0.15) is 10.7 Å². The molecule has 2 aromatic heterocycles. The van der Waals surface area contributed by atoms with Gasteiger partial charge < -0.3 is 5.32 Å². The van der Waals surface area contributed by atoms with Crippen molar-refractivity contribution in [3.8, 4) is 0 Å². The van der Waals surface area contributed by atoms with Gasteiger partial charge in [0.25, 0.3) is 11.7 Å². The van der Waals surface area contributed by atoms with Crippen LogP contribution >= 0.6 is 34.7 Å². The zero-order valence-corrected chi connectivity index (χ0v) is 16.5. The van der Waals surface area contributed by atoms with E-state index in [1.165, 1.54) is 17.4 Å². The lowest BCUT2D eigenvalue weighted by atomic mass is 10.1. The Morgan fingerprint density at radius 3 is 2.69 bits per heavy atom. The molecule has 3 rings (SSSR count). The summed E-state index contributed by atoms with van der Waals surface area (Å²) in [5, 5.41) is 3.71. The van der Waals surface area contributed by atoms with E-state index in [2.05, 4.69) is 15.3 Å². The second kappa shape index (κ2) is 7.46. The van der Waals surface area contributed by atoms with Gasteiger partial charge in [0, 0.05) is 11.1 Å². The summed E-state index contributed by atoms with van der Waals surface area (Å²) < 4.78 is 25.6. The van der Waals surface area contributed by atoms with E-state index >= 15 is 0 Å². The van der Waals surface area contributed by atoms with Gasteiger partial charge in [-0.3, -0.25) is 4.79 Å². The van der Waals surface area contributed by atoms with Gasteiger partial charge in [-0.15, -0.1) is 11.3 Å². The van der Waals surface area contributed by atoms with E-state index in [0.29, 0.717) is 22.5 Å². The molecule has 0 bridgehead atoms. The second-order valence-corrected chi connectivity index (χ2v) is 7.95. The molecule has 0 fully saturated rings. The Balaban J connectivity index is 1.99. The highest BCUT2D eigenvalue weighted by molar-refractivity contribution is 7.99. The van der Waals surface area contributed by atoms with Gasteiger partial charge in [-0.25, -0.2) is 9.97 Å². The number of rotatable bonds is 4. The predicted molar refractivity (Wildman–Crippen MR) is 103 cm³/mol. The molecule has 0 saturated heterocycles. The predicted octanol–water partition coefficient (Wildman–Crippen LogP) is 5.84. The second-order valence-electron chi connectivity index (χ2n) is 5.54. The molecule has 0 atom stereocenters. The van der Waals surface area contributed by atoms with E-state index in [9.17, 15) is 13.6 Å². The number of halogens is 3. The maximum atomic E-state index is 12.8. The number of carbonyl (C=O) groups excluding carboxylic acids is 1. The fourth-order valence-corrected chi connectivity index (χ4v) is 4.77. The van der Waals surface area contributed by atoms with Crippen LogP contribution in [0.25, 0.3) is 10.2 Å². The van der Waals surface area contributed by atoms with Crippen LogP contribution in [0.3, 0.4) is 0 Å². The topological polar surface area (TPSA) is 54.9 Å². The Hall–Kier alpha value is -1.77. The van der Waals surface area contributed by atoms with Crippen LogP contribution in [0.1, 0.15) is 26.8 Å². The third-order valence-electron chi connectivity index (χ3n) is 3.71. The molecule has 0 aliphatic rings. The summed E-state index contributed by atoms with van der Waals surface area (Å²) >= 11 is 7.57. The quantitative estimate of drug-likeness (QED) is 0.546. The van der Waals surface area contributed by atoms with Gasteiger partial charge in [0.2, 0.25) is 0 Å². The van der Waals surface area contributed by atoms with Gasteiger partial charge in [0.15, 0.2) is 0 Å². The highest BCUT2D eigenvalue weighted by Crippen LogP contribution is 2.38. The van der Waals surface area contributed by atoms with Crippen LogP contribution < -0.4 is 5.32 Å². The van der Waals surface area contributed by atoms with E-state index < -0.39 is 5.76 Å². The monoisotopic (exact) mass is 413 g/mol. The molecule has 1 amide bonds. The molecule has 0 aliphatic carbocycles. The lowest BCUT2D eigenvalue weighted by Gasteiger charge is -2.11. The molecular weight excluding hydrogens is 400 g/mol. The number of amides is 1. The Morgan fingerprint density at radius 1 is 1.27 bits per heavy atom. The molecule has 136 valence electrons. The number of aromatic nitrogens is 2. The van der Waals surface area contributed by atoms with Crippen molar-refractivity contribution >= 4 is 56.5 Å². The van der Waals surface area contributed by atoms with Crippen LogP contribution in [0.15, 0.2) is 23.1 Å². The molecule has 0 spiro atoms. The molecule has 0 aliphatic heterocycles. The zero-order valence-electron chi connectivity index (χ0n) is 14.1. The number of aryl methyl sites for hydroxylation is 3. The zero-order chi connectivity index (χ0) is 19.0. The molecule has 2 heterocycles. The van der Waals surface area contributed by atoms with Gasteiger partial charge in [-0.05, 0) is 38.5 Å². The minimum absolute atomic E-state index is 0.142. The molecule has 1 aromatic carbocycles. The molecule has 1 N–H and O–H groups in total. The summed E-state index contributed by atoms with van der Waals surface area (Å²) in [5.74, 6) is -2.40. The fourth-order valence-electron chi connectivity index (χ4n) is 2.69. The average Bonchev–Trinajstić information content (AvgIpc) is 2.87.